The van der Waals surface area contributed by atoms with E-state index in [2.05, 4.69) is 10.6 Å². The largest absolute Gasteiger partial charge is 0.464 e. The van der Waals surface area contributed by atoms with Crippen molar-refractivity contribution in [2.75, 3.05) is 36.9 Å². The van der Waals surface area contributed by atoms with Crippen molar-refractivity contribution in [3.05, 3.63) is 60.7 Å². The van der Waals surface area contributed by atoms with Crippen LogP contribution in [0.1, 0.15) is 32.1 Å². The zero-order valence-corrected chi connectivity index (χ0v) is 16.8. The van der Waals surface area contributed by atoms with Gasteiger partial charge in [0.05, 0.1) is 13.2 Å². The predicted molar refractivity (Wildman–Crippen MR) is 115 cm³/mol. The van der Waals surface area contributed by atoms with Gasteiger partial charge in [0.2, 0.25) is 0 Å². The summed E-state index contributed by atoms with van der Waals surface area (Å²) in [7, 11) is 0. The maximum absolute atomic E-state index is 11.7. The fourth-order valence-electron chi connectivity index (χ4n) is 2.67. The lowest BCUT2D eigenvalue weighted by molar-refractivity contribution is -0.142. The molecule has 6 nitrogen and oxygen atoms in total. The molecule has 0 aliphatic rings. The highest BCUT2D eigenvalue weighted by Gasteiger charge is 2.03. The molecule has 156 valence electrons. The number of benzene rings is 2. The second-order valence-electron chi connectivity index (χ2n) is 6.65. The van der Waals surface area contributed by atoms with Gasteiger partial charge >= 0.3 is 11.9 Å². The van der Waals surface area contributed by atoms with Gasteiger partial charge in [-0.15, -0.1) is 0 Å². The fraction of sp³-hybridized carbons (Fsp3) is 0.391. The van der Waals surface area contributed by atoms with E-state index in [4.69, 9.17) is 9.47 Å². The first-order chi connectivity index (χ1) is 14.2. The van der Waals surface area contributed by atoms with E-state index in [0.29, 0.717) is 13.2 Å². The molecule has 2 rings (SSSR count). The van der Waals surface area contributed by atoms with Gasteiger partial charge in [-0.05, 0) is 37.1 Å². The maximum atomic E-state index is 11.7. The lowest BCUT2D eigenvalue weighted by Gasteiger charge is -2.08. The molecule has 2 N–H and O–H groups in total. The second-order valence-corrected chi connectivity index (χ2v) is 6.65. The molecule has 0 radical (unpaired) electrons. The van der Waals surface area contributed by atoms with Crippen LogP contribution in [0.4, 0.5) is 11.4 Å². The Labute approximate surface area is 172 Å². The van der Waals surface area contributed by atoms with E-state index < -0.39 is 0 Å². The normalized spacial score (nSPS) is 10.2. The van der Waals surface area contributed by atoms with Crippen LogP contribution in [0, 0.1) is 0 Å². The van der Waals surface area contributed by atoms with E-state index >= 15 is 0 Å². The molecule has 0 aliphatic carbocycles. The summed E-state index contributed by atoms with van der Waals surface area (Å²) in [6, 6.07) is 19.1. The van der Waals surface area contributed by atoms with Crippen molar-refractivity contribution < 1.29 is 19.1 Å². The Bertz CT molecular complexity index is 646. The molecule has 0 unspecified atom stereocenters. The lowest BCUT2D eigenvalue weighted by Crippen LogP contribution is -2.17. The average Bonchev–Trinajstić information content (AvgIpc) is 2.76. The molecule has 29 heavy (non-hydrogen) atoms. The van der Waals surface area contributed by atoms with Crippen molar-refractivity contribution >= 4 is 23.3 Å². The third-order valence-electron chi connectivity index (χ3n) is 4.24. The number of rotatable bonds is 14. The highest BCUT2D eigenvalue weighted by Crippen LogP contribution is 2.06. The Morgan fingerprint density at radius 3 is 1.38 bits per heavy atom. The van der Waals surface area contributed by atoms with Crippen LogP contribution in [0.3, 0.4) is 0 Å². The molecule has 0 heterocycles. The van der Waals surface area contributed by atoms with E-state index in [0.717, 1.165) is 43.5 Å². The molecule has 0 amide bonds. The first kappa shape index (κ1) is 22.3. The van der Waals surface area contributed by atoms with Gasteiger partial charge in [0, 0.05) is 11.4 Å². The van der Waals surface area contributed by atoms with Crippen LogP contribution in [0.5, 0.6) is 0 Å². The van der Waals surface area contributed by atoms with Crippen LogP contribution in [0.15, 0.2) is 60.7 Å². The Kier molecular flexibility index (Phi) is 10.8. The van der Waals surface area contributed by atoms with Gasteiger partial charge < -0.3 is 20.1 Å². The van der Waals surface area contributed by atoms with Gasteiger partial charge in [0.1, 0.15) is 13.1 Å². The number of unbranched alkanes of at least 4 members (excludes halogenated alkanes) is 4. The molecule has 0 aromatic heterocycles. The minimum atomic E-state index is -0.245. The summed E-state index contributed by atoms with van der Waals surface area (Å²) in [6.07, 6.45) is 4.70. The van der Waals surface area contributed by atoms with Crippen LogP contribution in [0.2, 0.25) is 0 Å². The lowest BCUT2D eigenvalue weighted by atomic mass is 10.1. The van der Waals surface area contributed by atoms with Crippen LogP contribution >= 0.6 is 0 Å². The third kappa shape index (κ3) is 10.8. The highest BCUT2D eigenvalue weighted by atomic mass is 16.5. The maximum Gasteiger partial charge on any atom is 0.325 e. The number of hydrogen-bond acceptors (Lipinski definition) is 6. The van der Waals surface area contributed by atoms with Crippen LogP contribution in [-0.4, -0.2) is 38.2 Å². The Morgan fingerprint density at radius 2 is 0.966 bits per heavy atom. The smallest absolute Gasteiger partial charge is 0.325 e. The molecule has 2 aromatic carbocycles. The van der Waals surface area contributed by atoms with E-state index in [1.54, 1.807) is 0 Å². The number of anilines is 2. The summed E-state index contributed by atoms with van der Waals surface area (Å²) in [6.45, 7) is 1.23. The van der Waals surface area contributed by atoms with Gasteiger partial charge in [0.15, 0.2) is 0 Å². The van der Waals surface area contributed by atoms with E-state index in [-0.39, 0.29) is 25.0 Å². The standard InChI is InChI=1S/C23H30N2O4/c26-22(18-24-20-12-6-4-7-13-20)28-16-10-2-1-3-11-17-29-23(27)19-25-21-14-8-5-9-15-21/h4-9,12-15,24-25H,1-3,10-11,16-19H2. The monoisotopic (exact) mass is 398 g/mol. The molecular formula is C23H30N2O4. The van der Waals surface area contributed by atoms with E-state index in [1.807, 2.05) is 60.7 Å². The zero-order valence-electron chi connectivity index (χ0n) is 16.8. The summed E-state index contributed by atoms with van der Waals surface area (Å²) in [5.41, 5.74) is 1.81. The first-order valence-corrected chi connectivity index (χ1v) is 10.1. The van der Waals surface area contributed by atoms with Crippen molar-refractivity contribution in [1.29, 1.82) is 0 Å². The number of para-hydroxylation sites is 2. The van der Waals surface area contributed by atoms with Gasteiger partial charge in [-0.2, -0.15) is 0 Å². The third-order valence-corrected chi connectivity index (χ3v) is 4.24. The molecule has 0 atom stereocenters. The Balaban J connectivity index is 1.36. The average molecular weight is 399 g/mol. The fourth-order valence-corrected chi connectivity index (χ4v) is 2.67. The molecule has 0 bridgehead atoms. The van der Waals surface area contributed by atoms with Gasteiger partial charge in [-0.3, -0.25) is 9.59 Å². The number of carbonyl (C=O) groups excluding carboxylic acids is 2. The molecule has 0 saturated heterocycles. The Hall–Kier alpha value is -3.02. The van der Waals surface area contributed by atoms with Crippen molar-refractivity contribution in [3.8, 4) is 0 Å². The van der Waals surface area contributed by atoms with Crippen molar-refractivity contribution in [2.45, 2.75) is 32.1 Å². The summed E-state index contributed by atoms with van der Waals surface area (Å²) in [5, 5.41) is 6.05. The summed E-state index contributed by atoms with van der Waals surface area (Å²) >= 11 is 0. The van der Waals surface area contributed by atoms with Gasteiger partial charge in [-0.1, -0.05) is 55.7 Å². The number of ether oxygens (including phenoxy) is 2. The van der Waals surface area contributed by atoms with Crippen LogP contribution in [0.25, 0.3) is 0 Å². The topological polar surface area (TPSA) is 76.7 Å². The highest BCUT2D eigenvalue weighted by molar-refractivity contribution is 5.75. The van der Waals surface area contributed by atoms with Crippen molar-refractivity contribution in [1.82, 2.24) is 0 Å². The number of hydrogen-bond donors (Lipinski definition) is 2. The van der Waals surface area contributed by atoms with Crippen LogP contribution in [-0.2, 0) is 19.1 Å². The van der Waals surface area contributed by atoms with Gasteiger partial charge in [-0.25, -0.2) is 0 Å². The number of nitrogens with one attached hydrogen (secondary N) is 2. The Morgan fingerprint density at radius 1 is 0.586 bits per heavy atom. The van der Waals surface area contributed by atoms with E-state index in [9.17, 15) is 9.59 Å². The van der Waals surface area contributed by atoms with Crippen molar-refractivity contribution in [2.24, 2.45) is 0 Å². The number of carbonyl (C=O) groups is 2. The summed E-state index contributed by atoms with van der Waals surface area (Å²) < 4.78 is 10.4. The molecule has 0 fully saturated rings. The molecule has 2 aromatic rings. The second kappa shape index (κ2) is 14.0. The summed E-state index contributed by atoms with van der Waals surface area (Å²) in [4.78, 5) is 23.3. The minimum Gasteiger partial charge on any atom is -0.464 e. The molecular weight excluding hydrogens is 368 g/mol. The van der Waals surface area contributed by atoms with E-state index in [1.165, 1.54) is 0 Å². The number of esters is 2. The minimum absolute atomic E-state index is 0.175. The molecule has 6 heteroatoms. The summed E-state index contributed by atoms with van der Waals surface area (Å²) in [5.74, 6) is -0.491. The zero-order chi connectivity index (χ0) is 20.6. The molecule has 0 saturated carbocycles. The predicted octanol–water partition coefficient (Wildman–Crippen LogP) is 4.25. The van der Waals surface area contributed by atoms with Crippen LogP contribution < -0.4 is 10.6 Å². The first-order valence-electron chi connectivity index (χ1n) is 10.1. The molecule has 0 spiro atoms. The molecule has 0 aliphatic heterocycles. The van der Waals surface area contributed by atoms with Gasteiger partial charge in [0.25, 0.3) is 0 Å². The van der Waals surface area contributed by atoms with Crippen molar-refractivity contribution in [3.63, 3.8) is 0 Å². The quantitative estimate of drug-likeness (QED) is 0.366. The SMILES string of the molecule is O=C(CNc1ccccc1)OCCCCCCCOC(=O)CNc1ccccc1.